The van der Waals surface area contributed by atoms with Gasteiger partial charge in [-0.25, -0.2) is 0 Å². The zero-order valence-corrected chi connectivity index (χ0v) is 16.3. The number of rotatable bonds is 4. The van der Waals surface area contributed by atoms with E-state index in [0.29, 0.717) is 6.61 Å². The van der Waals surface area contributed by atoms with Crippen LogP contribution in [0.1, 0.15) is 6.92 Å². The Morgan fingerprint density at radius 2 is 1.68 bits per heavy atom. The molecule has 0 bridgehead atoms. The highest BCUT2D eigenvalue weighted by Gasteiger charge is 2.21. The van der Waals surface area contributed by atoms with Gasteiger partial charge < -0.3 is 17.1 Å². The maximum atomic E-state index is 11.0. The molecule has 0 aliphatic carbocycles. The van der Waals surface area contributed by atoms with Crippen LogP contribution < -0.4 is 21.7 Å². The van der Waals surface area contributed by atoms with Crippen molar-refractivity contribution < 1.29 is 26.6 Å². The Labute approximate surface area is 168 Å². The molecule has 5 nitrogen and oxygen atoms in total. The predicted octanol–water partition coefficient (Wildman–Crippen LogP) is 1.80. The first-order chi connectivity index (χ1) is 13.1. The van der Waals surface area contributed by atoms with Crippen molar-refractivity contribution in [2.45, 2.75) is 6.92 Å². The smallest absolute Gasteiger partial charge is 0.269 e. The number of nitro benzene ring substituents is 1. The zero-order valence-electron chi connectivity index (χ0n) is 15.6. The summed E-state index contributed by atoms with van der Waals surface area (Å²) in [7, 11) is 2.02. The van der Waals surface area contributed by atoms with Crippen LogP contribution in [0.2, 0.25) is 0 Å². The second-order valence-corrected chi connectivity index (χ2v) is 6.37. The van der Waals surface area contributed by atoms with Crippen molar-refractivity contribution in [1.82, 2.24) is 0 Å². The van der Waals surface area contributed by atoms with E-state index in [1.165, 1.54) is 0 Å². The van der Waals surface area contributed by atoms with Crippen LogP contribution in [0.3, 0.4) is 0 Å². The van der Waals surface area contributed by atoms with Gasteiger partial charge in [-0.1, -0.05) is 12.1 Å². The highest BCUT2D eigenvalue weighted by molar-refractivity contribution is 6.09. The Hall–Kier alpha value is -3.18. The standard InChI is InChI=1S/C22H19N2O3.ClH/c1-3-27-17-12-13-18-19-6-4-5-7-21(19)23(2)22(20(18)14-17)15-8-10-16(11-9-15)24(25)26;/h4-14H,3H2,1-2H3;1H/q+1;/p-1. The van der Waals surface area contributed by atoms with E-state index in [2.05, 4.69) is 22.8 Å². The summed E-state index contributed by atoms with van der Waals surface area (Å²) in [5, 5.41) is 14.3. The van der Waals surface area contributed by atoms with Crippen LogP contribution in [0, 0.1) is 10.1 Å². The lowest BCUT2D eigenvalue weighted by Crippen LogP contribution is -3.00. The molecule has 3 aromatic carbocycles. The number of hydrogen-bond acceptors (Lipinski definition) is 3. The van der Waals surface area contributed by atoms with Crippen LogP contribution in [-0.2, 0) is 7.05 Å². The van der Waals surface area contributed by atoms with Crippen molar-refractivity contribution in [2.24, 2.45) is 7.05 Å². The van der Waals surface area contributed by atoms with E-state index in [4.69, 9.17) is 4.74 Å². The maximum Gasteiger partial charge on any atom is 0.269 e. The van der Waals surface area contributed by atoms with Crippen LogP contribution in [0.15, 0.2) is 66.7 Å². The fraction of sp³-hybridized carbons (Fsp3) is 0.136. The van der Waals surface area contributed by atoms with Crippen molar-refractivity contribution in [3.63, 3.8) is 0 Å². The summed E-state index contributed by atoms with van der Waals surface area (Å²) in [6.45, 7) is 2.56. The van der Waals surface area contributed by atoms with Gasteiger partial charge in [-0.05, 0) is 43.3 Å². The number of hydrogen-bond donors (Lipinski definition) is 0. The molecule has 1 aromatic heterocycles. The SMILES string of the molecule is CCOc1ccc2c(c1)c(-c1ccc([N+](=O)[O-])cc1)[n+](C)c1ccccc21.[Cl-]. The molecule has 0 spiro atoms. The van der Waals surface area contributed by atoms with Crippen LogP contribution in [-0.4, -0.2) is 11.5 Å². The van der Waals surface area contributed by atoms with Gasteiger partial charge in [-0.2, -0.15) is 4.57 Å². The van der Waals surface area contributed by atoms with Gasteiger partial charge in [-0.15, -0.1) is 0 Å². The summed E-state index contributed by atoms with van der Waals surface area (Å²) in [5.74, 6) is 0.809. The van der Waals surface area contributed by atoms with E-state index in [9.17, 15) is 10.1 Å². The minimum Gasteiger partial charge on any atom is -1.00 e. The molecule has 0 amide bonds. The topological polar surface area (TPSA) is 56.3 Å². The Bertz CT molecular complexity index is 1170. The molecule has 0 aliphatic heterocycles. The number of aryl methyl sites for hydroxylation is 1. The number of aromatic nitrogens is 1. The molecule has 142 valence electrons. The fourth-order valence-corrected chi connectivity index (χ4v) is 3.60. The van der Waals surface area contributed by atoms with Crippen LogP contribution >= 0.6 is 0 Å². The monoisotopic (exact) mass is 394 g/mol. The first-order valence-corrected chi connectivity index (χ1v) is 8.82. The van der Waals surface area contributed by atoms with E-state index < -0.39 is 0 Å². The van der Waals surface area contributed by atoms with Crippen molar-refractivity contribution in [3.05, 3.63) is 76.8 Å². The third-order valence-corrected chi connectivity index (χ3v) is 4.80. The second kappa shape index (κ2) is 7.82. The number of fused-ring (bicyclic) bond motifs is 3. The third kappa shape index (κ3) is 3.25. The molecule has 0 saturated heterocycles. The summed E-state index contributed by atoms with van der Waals surface area (Å²) < 4.78 is 7.84. The summed E-state index contributed by atoms with van der Waals surface area (Å²) in [4.78, 5) is 10.6. The fourth-order valence-electron chi connectivity index (χ4n) is 3.60. The Morgan fingerprint density at radius 3 is 2.36 bits per heavy atom. The molecular formula is C22H19ClN2O3. The van der Waals surface area contributed by atoms with E-state index >= 15 is 0 Å². The van der Waals surface area contributed by atoms with Crippen LogP contribution in [0.4, 0.5) is 5.69 Å². The lowest BCUT2D eigenvalue weighted by molar-refractivity contribution is -0.632. The Kier molecular flexibility index (Phi) is 5.47. The van der Waals surface area contributed by atoms with E-state index in [1.54, 1.807) is 24.3 Å². The molecular weight excluding hydrogens is 376 g/mol. The van der Waals surface area contributed by atoms with Crippen molar-refractivity contribution in [2.75, 3.05) is 6.61 Å². The predicted molar refractivity (Wildman–Crippen MR) is 106 cm³/mol. The van der Waals surface area contributed by atoms with Gasteiger partial charge in [0.25, 0.3) is 5.69 Å². The van der Waals surface area contributed by atoms with Gasteiger partial charge in [0.05, 0.1) is 22.3 Å². The normalized spacial score (nSPS) is 10.6. The van der Waals surface area contributed by atoms with Crippen molar-refractivity contribution in [3.8, 4) is 17.0 Å². The van der Waals surface area contributed by atoms with E-state index in [1.807, 2.05) is 38.2 Å². The van der Waals surface area contributed by atoms with Gasteiger partial charge in [0.2, 0.25) is 11.2 Å². The quantitative estimate of drug-likeness (QED) is 0.229. The first-order valence-electron chi connectivity index (χ1n) is 8.82. The molecule has 6 heteroatoms. The molecule has 0 atom stereocenters. The van der Waals surface area contributed by atoms with Crippen molar-refractivity contribution in [1.29, 1.82) is 0 Å². The highest BCUT2D eigenvalue weighted by atomic mass is 35.5. The molecule has 0 unspecified atom stereocenters. The average molecular weight is 395 g/mol. The lowest BCUT2D eigenvalue weighted by Gasteiger charge is -2.11. The number of ether oxygens (including phenoxy) is 1. The minimum absolute atomic E-state index is 0. The summed E-state index contributed by atoms with van der Waals surface area (Å²) >= 11 is 0. The molecule has 4 rings (SSSR count). The number of halogens is 1. The third-order valence-electron chi connectivity index (χ3n) is 4.80. The Balaban J connectivity index is 0.00000225. The number of non-ortho nitro benzene ring substituents is 1. The number of para-hydroxylation sites is 1. The number of nitro groups is 1. The summed E-state index contributed by atoms with van der Waals surface area (Å²) in [6, 6.07) is 21.0. The second-order valence-electron chi connectivity index (χ2n) is 6.37. The number of pyridine rings is 1. The molecule has 0 saturated carbocycles. The van der Waals surface area contributed by atoms with E-state index in [-0.39, 0.29) is 23.0 Å². The average Bonchev–Trinajstić information content (AvgIpc) is 2.69. The molecule has 0 radical (unpaired) electrons. The van der Waals surface area contributed by atoms with Gasteiger partial charge in [0, 0.05) is 29.1 Å². The van der Waals surface area contributed by atoms with Crippen LogP contribution in [0.5, 0.6) is 5.75 Å². The van der Waals surface area contributed by atoms with Crippen molar-refractivity contribution >= 4 is 27.4 Å². The Morgan fingerprint density at radius 1 is 0.964 bits per heavy atom. The zero-order chi connectivity index (χ0) is 19.0. The first kappa shape index (κ1) is 19.6. The molecule has 28 heavy (non-hydrogen) atoms. The van der Waals surface area contributed by atoms with Gasteiger partial charge >= 0.3 is 0 Å². The largest absolute Gasteiger partial charge is 1.00 e. The highest BCUT2D eigenvalue weighted by Crippen LogP contribution is 2.34. The molecule has 4 aromatic rings. The van der Waals surface area contributed by atoms with Crippen LogP contribution in [0.25, 0.3) is 32.9 Å². The molecule has 1 heterocycles. The van der Waals surface area contributed by atoms with Gasteiger partial charge in [0.15, 0.2) is 0 Å². The van der Waals surface area contributed by atoms with Gasteiger partial charge in [-0.3, -0.25) is 10.1 Å². The molecule has 0 aliphatic rings. The molecule has 0 fully saturated rings. The molecule has 0 N–H and O–H groups in total. The summed E-state index contributed by atoms with van der Waals surface area (Å²) in [6.07, 6.45) is 0. The summed E-state index contributed by atoms with van der Waals surface area (Å²) in [5.41, 5.74) is 3.11. The lowest BCUT2D eigenvalue weighted by atomic mass is 9.99. The minimum atomic E-state index is -0.379. The number of benzene rings is 3. The van der Waals surface area contributed by atoms with Gasteiger partial charge in [0.1, 0.15) is 12.8 Å². The maximum absolute atomic E-state index is 11.0. The number of nitrogens with zero attached hydrogens (tertiary/aromatic N) is 2. The van der Waals surface area contributed by atoms with E-state index in [0.717, 1.165) is 38.7 Å².